The first-order valence-corrected chi connectivity index (χ1v) is 14.0. The van der Waals surface area contributed by atoms with Crippen LogP contribution >= 0.6 is 0 Å². The zero-order valence-corrected chi connectivity index (χ0v) is 23.2. The summed E-state index contributed by atoms with van der Waals surface area (Å²) in [5.74, 6) is 0. The van der Waals surface area contributed by atoms with E-state index in [0.717, 1.165) is 5.69 Å². The van der Waals surface area contributed by atoms with E-state index in [0.29, 0.717) is 5.46 Å². The van der Waals surface area contributed by atoms with Crippen molar-refractivity contribution in [3.8, 4) is 27.9 Å². The molecule has 3 nitrogen and oxygen atoms in total. The highest BCUT2D eigenvalue weighted by molar-refractivity contribution is 6.58. The molecule has 5 aromatic carbocycles. The summed E-state index contributed by atoms with van der Waals surface area (Å²) in [4.78, 5) is 0. The van der Waals surface area contributed by atoms with Crippen molar-refractivity contribution in [2.75, 3.05) is 0 Å². The van der Waals surface area contributed by atoms with Gasteiger partial charge in [-0.15, -0.1) is 0 Å². The standard InChI is InChI=1S/C36H30BNO2/c1-35(2)27-11-7-5-9-23(27)25-17-19-29-31(33(25)35)32-30(38(29)22-15-13-21(14-16-22)37(39)40)20-18-26-24-10-6-8-12-28(24)36(3,4)34(26)32/h5-20,39-40H,1-4H3. The molecule has 2 aliphatic rings. The molecule has 8 rings (SSSR count). The molecule has 1 aromatic heterocycles. The maximum Gasteiger partial charge on any atom is 0.488 e. The number of rotatable bonds is 2. The van der Waals surface area contributed by atoms with Crippen molar-refractivity contribution in [3.63, 3.8) is 0 Å². The van der Waals surface area contributed by atoms with Crippen molar-refractivity contribution < 1.29 is 10.0 Å². The van der Waals surface area contributed by atoms with Crippen LogP contribution < -0.4 is 5.46 Å². The molecular weight excluding hydrogens is 489 g/mol. The van der Waals surface area contributed by atoms with Crippen molar-refractivity contribution in [1.82, 2.24) is 4.57 Å². The molecule has 40 heavy (non-hydrogen) atoms. The van der Waals surface area contributed by atoms with E-state index >= 15 is 0 Å². The van der Waals surface area contributed by atoms with E-state index in [2.05, 4.69) is 105 Å². The molecule has 0 spiro atoms. The molecule has 0 saturated carbocycles. The van der Waals surface area contributed by atoms with Gasteiger partial charge in [-0.2, -0.15) is 0 Å². The Labute approximate surface area is 234 Å². The molecule has 0 bridgehead atoms. The second-order valence-corrected chi connectivity index (χ2v) is 12.4. The molecule has 0 fully saturated rings. The third-order valence-electron chi connectivity index (χ3n) is 9.58. The zero-order chi connectivity index (χ0) is 27.6. The largest absolute Gasteiger partial charge is 0.488 e. The Bertz CT molecular complexity index is 1910. The lowest BCUT2D eigenvalue weighted by molar-refractivity contribution is 0.426. The van der Waals surface area contributed by atoms with E-state index < -0.39 is 7.12 Å². The van der Waals surface area contributed by atoms with E-state index in [-0.39, 0.29) is 10.8 Å². The van der Waals surface area contributed by atoms with Gasteiger partial charge in [0.2, 0.25) is 0 Å². The SMILES string of the molecule is CC1(C)c2ccccc2-c2ccc3c(c21)c1c2c(ccc1n3-c1ccc(B(O)O)cc1)-c1ccccc1C2(C)C. The van der Waals surface area contributed by atoms with Gasteiger partial charge in [0.15, 0.2) is 0 Å². The number of nitrogens with zero attached hydrogens (tertiary/aromatic N) is 1. The average Bonchev–Trinajstić information content (AvgIpc) is 3.50. The van der Waals surface area contributed by atoms with E-state index in [1.165, 1.54) is 66.3 Å². The van der Waals surface area contributed by atoms with Gasteiger partial charge in [0.1, 0.15) is 0 Å². The predicted molar refractivity (Wildman–Crippen MR) is 166 cm³/mol. The fourth-order valence-corrected chi connectivity index (χ4v) is 7.81. The van der Waals surface area contributed by atoms with E-state index in [1.807, 2.05) is 12.1 Å². The molecule has 0 atom stereocenters. The molecule has 4 heteroatoms. The molecule has 1 heterocycles. The minimum Gasteiger partial charge on any atom is -0.423 e. The number of aromatic nitrogens is 1. The minimum atomic E-state index is -1.49. The summed E-state index contributed by atoms with van der Waals surface area (Å²) >= 11 is 0. The first kappa shape index (κ1) is 23.7. The van der Waals surface area contributed by atoms with Crippen molar-refractivity contribution in [2.45, 2.75) is 38.5 Å². The third kappa shape index (κ3) is 2.83. The Balaban J connectivity index is 1.57. The predicted octanol–water partition coefficient (Wildman–Crippen LogP) is 7.08. The van der Waals surface area contributed by atoms with Crippen LogP contribution in [0.3, 0.4) is 0 Å². The minimum absolute atomic E-state index is 0.159. The van der Waals surface area contributed by atoms with Crippen molar-refractivity contribution in [3.05, 3.63) is 119 Å². The van der Waals surface area contributed by atoms with Crippen LogP contribution in [-0.4, -0.2) is 21.7 Å². The van der Waals surface area contributed by atoms with Crippen molar-refractivity contribution >= 4 is 34.4 Å². The van der Waals surface area contributed by atoms with E-state index in [4.69, 9.17) is 0 Å². The van der Waals surface area contributed by atoms with E-state index in [1.54, 1.807) is 12.1 Å². The highest BCUT2D eigenvalue weighted by Crippen LogP contribution is 2.57. The van der Waals surface area contributed by atoms with Crippen LogP contribution in [0.2, 0.25) is 0 Å². The van der Waals surface area contributed by atoms with Crippen LogP contribution in [0, 0.1) is 0 Å². The van der Waals surface area contributed by atoms with Crippen LogP contribution in [0.4, 0.5) is 0 Å². The van der Waals surface area contributed by atoms with Gasteiger partial charge in [-0.1, -0.05) is 100 Å². The van der Waals surface area contributed by atoms with Gasteiger partial charge in [-0.25, -0.2) is 0 Å². The Hall–Kier alpha value is -4.12. The molecule has 0 radical (unpaired) electrons. The van der Waals surface area contributed by atoms with Gasteiger partial charge in [-0.3, -0.25) is 0 Å². The lowest BCUT2D eigenvalue weighted by Crippen LogP contribution is -2.29. The monoisotopic (exact) mass is 519 g/mol. The summed E-state index contributed by atoms with van der Waals surface area (Å²) < 4.78 is 2.36. The summed E-state index contributed by atoms with van der Waals surface area (Å²) in [7, 11) is -1.49. The van der Waals surface area contributed by atoms with Crippen LogP contribution in [0.25, 0.3) is 49.7 Å². The molecule has 0 unspecified atom stereocenters. The Kier molecular flexibility index (Phi) is 4.60. The molecule has 194 valence electrons. The quantitative estimate of drug-likeness (QED) is 0.240. The second kappa shape index (κ2) is 7.75. The van der Waals surface area contributed by atoms with E-state index in [9.17, 15) is 10.0 Å². The summed E-state index contributed by atoms with van der Waals surface area (Å²) in [5, 5.41) is 22.1. The Morgan fingerprint density at radius 1 is 0.525 bits per heavy atom. The summed E-state index contributed by atoms with van der Waals surface area (Å²) in [6.07, 6.45) is 0. The third-order valence-corrected chi connectivity index (χ3v) is 9.58. The van der Waals surface area contributed by atoms with Crippen LogP contribution in [0.5, 0.6) is 0 Å². The highest BCUT2D eigenvalue weighted by Gasteiger charge is 2.42. The fourth-order valence-electron chi connectivity index (χ4n) is 7.81. The number of hydrogen-bond acceptors (Lipinski definition) is 2. The number of benzene rings is 5. The maximum absolute atomic E-state index is 9.74. The van der Waals surface area contributed by atoms with Crippen LogP contribution in [-0.2, 0) is 10.8 Å². The summed E-state index contributed by atoms with van der Waals surface area (Å²) in [6, 6.07) is 34.4. The Morgan fingerprint density at radius 2 is 0.975 bits per heavy atom. The smallest absolute Gasteiger partial charge is 0.423 e. The molecule has 0 saturated heterocycles. The first-order valence-electron chi connectivity index (χ1n) is 14.0. The van der Waals surface area contributed by atoms with Gasteiger partial charge >= 0.3 is 7.12 Å². The molecule has 2 N–H and O–H groups in total. The molecule has 6 aromatic rings. The lowest BCUT2D eigenvalue weighted by Gasteiger charge is -2.25. The normalized spacial score (nSPS) is 15.7. The lowest BCUT2D eigenvalue weighted by atomic mass is 9.77. The molecule has 0 aliphatic heterocycles. The van der Waals surface area contributed by atoms with Crippen molar-refractivity contribution in [2.24, 2.45) is 0 Å². The average molecular weight is 519 g/mol. The highest BCUT2D eigenvalue weighted by atomic mass is 16.4. The van der Waals surface area contributed by atoms with Crippen LogP contribution in [0.15, 0.2) is 97.1 Å². The van der Waals surface area contributed by atoms with Gasteiger partial charge in [0.05, 0.1) is 11.0 Å². The van der Waals surface area contributed by atoms with Gasteiger partial charge in [0, 0.05) is 27.3 Å². The van der Waals surface area contributed by atoms with Crippen LogP contribution in [0.1, 0.15) is 49.9 Å². The maximum atomic E-state index is 9.74. The Morgan fingerprint density at radius 3 is 1.43 bits per heavy atom. The zero-order valence-electron chi connectivity index (χ0n) is 23.2. The van der Waals surface area contributed by atoms with Crippen molar-refractivity contribution in [1.29, 1.82) is 0 Å². The van der Waals surface area contributed by atoms with Gasteiger partial charge in [-0.05, 0) is 74.2 Å². The first-order chi connectivity index (χ1) is 19.2. The summed E-state index contributed by atoms with van der Waals surface area (Å²) in [6.45, 7) is 9.45. The number of fused-ring (bicyclic) bond motifs is 11. The fraction of sp³-hybridized carbons (Fsp3) is 0.167. The topological polar surface area (TPSA) is 45.4 Å². The second-order valence-electron chi connectivity index (χ2n) is 12.4. The van der Waals surface area contributed by atoms with Gasteiger partial charge < -0.3 is 14.6 Å². The molecule has 2 aliphatic carbocycles. The molecular formula is C36H30BNO2. The molecule has 0 amide bonds. The van der Waals surface area contributed by atoms with Gasteiger partial charge in [0.25, 0.3) is 0 Å². The summed E-state index contributed by atoms with van der Waals surface area (Å²) in [5.41, 5.74) is 14.3. The number of hydrogen-bond donors (Lipinski definition) is 2.